The minimum atomic E-state index is 0.00500. The Morgan fingerprint density at radius 2 is 2.19 bits per heavy atom. The van der Waals surface area contributed by atoms with E-state index in [1.807, 2.05) is 26.5 Å². The number of hydrazine groups is 1. The van der Waals surface area contributed by atoms with Gasteiger partial charge in [-0.25, -0.2) is 0 Å². The molecule has 2 heterocycles. The van der Waals surface area contributed by atoms with Crippen LogP contribution in [0.15, 0.2) is 18.6 Å². The Morgan fingerprint density at radius 1 is 1.38 bits per heavy atom. The van der Waals surface area contributed by atoms with Crippen molar-refractivity contribution in [3.05, 3.63) is 29.8 Å². The van der Waals surface area contributed by atoms with Gasteiger partial charge in [0.25, 0.3) is 0 Å². The maximum Gasteiger partial charge on any atom is 0.0846 e. The van der Waals surface area contributed by atoms with Crippen molar-refractivity contribution in [2.75, 3.05) is 0 Å². The van der Waals surface area contributed by atoms with Crippen molar-refractivity contribution >= 4 is 0 Å². The lowest BCUT2D eigenvalue weighted by molar-refractivity contribution is 0.545. The van der Waals surface area contributed by atoms with Gasteiger partial charge in [0.2, 0.25) is 0 Å². The molecule has 0 aliphatic heterocycles. The second-order valence-electron chi connectivity index (χ2n) is 3.75. The molecule has 0 radical (unpaired) electrons. The topological polar surface area (TPSA) is 86.6 Å². The van der Waals surface area contributed by atoms with Gasteiger partial charge in [-0.15, -0.1) is 5.10 Å². The lowest BCUT2D eigenvalue weighted by Gasteiger charge is -2.11. The average molecular weight is 221 g/mol. The summed E-state index contributed by atoms with van der Waals surface area (Å²) in [7, 11) is 3.71. The molecular formula is C9H15N7. The molecule has 86 valence electrons. The van der Waals surface area contributed by atoms with E-state index < -0.39 is 0 Å². The lowest BCUT2D eigenvalue weighted by Crippen LogP contribution is -2.29. The third kappa shape index (κ3) is 2.26. The molecule has 7 nitrogen and oxygen atoms in total. The van der Waals surface area contributed by atoms with Crippen LogP contribution < -0.4 is 11.3 Å². The number of hydrogen-bond acceptors (Lipinski definition) is 5. The maximum atomic E-state index is 5.53. The fraction of sp³-hybridized carbons (Fsp3) is 0.444. The fourth-order valence-electron chi connectivity index (χ4n) is 1.59. The van der Waals surface area contributed by atoms with E-state index in [1.54, 1.807) is 15.6 Å². The van der Waals surface area contributed by atoms with Gasteiger partial charge in [-0.05, 0) is 0 Å². The average Bonchev–Trinajstić information content (AvgIpc) is 2.84. The fourth-order valence-corrected chi connectivity index (χ4v) is 1.59. The summed E-state index contributed by atoms with van der Waals surface area (Å²) in [6.07, 6.45) is 6.29. The standard InChI is InChI=1S/C9H15N7/c1-15-5-7(4-11-15)9(12-10)3-8-6-16(2)14-13-8/h4-6,9,12H,3,10H2,1-2H3. The molecule has 0 spiro atoms. The summed E-state index contributed by atoms with van der Waals surface area (Å²) in [4.78, 5) is 0. The molecule has 0 fully saturated rings. The molecule has 0 aromatic carbocycles. The molecule has 7 heteroatoms. The van der Waals surface area contributed by atoms with Crippen LogP contribution in [0.1, 0.15) is 17.3 Å². The van der Waals surface area contributed by atoms with Gasteiger partial charge in [0.15, 0.2) is 0 Å². The molecule has 0 bridgehead atoms. The molecule has 2 aromatic rings. The highest BCUT2D eigenvalue weighted by atomic mass is 15.4. The molecule has 0 saturated heterocycles. The van der Waals surface area contributed by atoms with Crippen molar-refractivity contribution in [3.8, 4) is 0 Å². The monoisotopic (exact) mass is 221 g/mol. The molecule has 1 atom stereocenters. The number of nitrogens with zero attached hydrogens (tertiary/aromatic N) is 5. The van der Waals surface area contributed by atoms with Crippen LogP contribution in [0.25, 0.3) is 0 Å². The zero-order valence-electron chi connectivity index (χ0n) is 9.33. The first-order chi connectivity index (χ1) is 7.69. The molecule has 0 aliphatic carbocycles. The Morgan fingerprint density at radius 3 is 2.69 bits per heavy atom. The molecule has 0 amide bonds. The molecule has 0 aliphatic rings. The zero-order chi connectivity index (χ0) is 11.5. The summed E-state index contributed by atoms with van der Waals surface area (Å²) in [5.74, 6) is 5.53. The molecule has 16 heavy (non-hydrogen) atoms. The van der Waals surface area contributed by atoms with E-state index in [2.05, 4.69) is 20.8 Å². The Bertz CT molecular complexity index is 458. The summed E-state index contributed by atoms with van der Waals surface area (Å²) >= 11 is 0. The number of hydrogen-bond donors (Lipinski definition) is 2. The van der Waals surface area contributed by atoms with E-state index in [4.69, 9.17) is 5.84 Å². The van der Waals surface area contributed by atoms with Gasteiger partial charge in [0.1, 0.15) is 0 Å². The number of rotatable bonds is 4. The third-order valence-electron chi connectivity index (χ3n) is 2.39. The predicted octanol–water partition coefficient (Wildman–Crippen LogP) is -0.704. The predicted molar refractivity (Wildman–Crippen MR) is 58.0 cm³/mol. The molecule has 2 rings (SSSR count). The van der Waals surface area contributed by atoms with Crippen LogP contribution in [0, 0.1) is 0 Å². The third-order valence-corrected chi connectivity index (χ3v) is 2.39. The van der Waals surface area contributed by atoms with Crippen LogP contribution in [0.5, 0.6) is 0 Å². The normalized spacial score (nSPS) is 12.9. The van der Waals surface area contributed by atoms with E-state index in [0.29, 0.717) is 6.42 Å². The van der Waals surface area contributed by atoms with Crippen LogP contribution in [0.4, 0.5) is 0 Å². The highest BCUT2D eigenvalue weighted by Crippen LogP contribution is 2.15. The molecule has 2 aromatic heterocycles. The van der Waals surface area contributed by atoms with E-state index in [9.17, 15) is 0 Å². The van der Waals surface area contributed by atoms with Crippen LogP contribution in [-0.4, -0.2) is 24.8 Å². The summed E-state index contributed by atoms with van der Waals surface area (Å²) < 4.78 is 3.42. The first kappa shape index (κ1) is 10.8. The highest BCUT2D eigenvalue weighted by molar-refractivity contribution is 5.13. The van der Waals surface area contributed by atoms with Crippen molar-refractivity contribution in [1.29, 1.82) is 0 Å². The summed E-state index contributed by atoms with van der Waals surface area (Å²) in [6.45, 7) is 0. The number of nitrogens with two attached hydrogens (primary N) is 1. The zero-order valence-corrected chi connectivity index (χ0v) is 9.33. The summed E-state index contributed by atoms with van der Waals surface area (Å²) in [6, 6.07) is 0.00500. The Hall–Kier alpha value is -1.73. The summed E-state index contributed by atoms with van der Waals surface area (Å²) in [5, 5.41) is 12.0. The largest absolute Gasteiger partial charge is 0.275 e. The van der Waals surface area contributed by atoms with Crippen molar-refractivity contribution in [2.45, 2.75) is 12.5 Å². The first-order valence-electron chi connectivity index (χ1n) is 4.99. The summed E-state index contributed by atoms with van der Waals surface area (Å²) in [5.41, 5.74) is 4.69. The lowest BCUT2D eigenvalue weighted by atomic mass is 10.1. The van der Waals surface area contributed by atoms with E-state index in [0.717, 1.165) is 11.3 Å². The van der Waals surface area contributed by atoms with Gasteiger partial charge in [-0.3, -0.25) is 20.6 Å². The van der Waals surface area contributed by atoms with E-state index >= 15 is 0 Å². The van der Waals surface area contributed by atoms with Gasteiger partial charge < -0.3 is 0 Å². The first-order valence-corrected chi connectivity index (χ1v) is 4.99. The van der Waals surface area contributed by atoms with E-state index in [1.165, 1.54) is 0 Å². The van der Waals surface area contributed by atoms with Gasteiger partial charge in [0.05, 0.1) is 17.9 Å². The van der Waals surface area contributed by atoms with Crippen molar-refractivity contribution < 1.29 is 0 Å². The second kappa shape index (κ2) is 4.42. The number of aromatic nitrogens is 5. The highest BCUT2D eigenvalue weighted by Gasteiger charge is 2.14. The maximum absolute atomic E-state index is 5.53. The second-order valence-corrected chi connectivity index (χ2v) is 3.75. The quantitative estimate of drug-likeness (QED) is 0.526. The Kier molecular flexibility index (Phi) is 2.97. The minimum Gasteiger partial charge on any atom is -0.275 e. The van der Waals surface area contributed by atoms with Gasteiger partial charge in [0, 0.05) is 38.5 Å². The SMILES string of the molecule is Cn1cc(C(Cc2cn(C)nn2)NN)cn1. The van der Waals surface area contributed by atoms with Gasteiger partial charge in [-0.1, -0.05) is 5.21 Å². The molecular weight excluding hydrogens is 206 g/mol. The van der Waals surface area contributed by atoms with Crippen molar-refractivity contribution in [1.82, 2.24) is 30.2 Å². The van der Waals surface area contributed by atoms with Crippen molar-refractivity contribution in [3.63, 3.8) is 0 Å². The molecule has 1 unspecified atom stereocenters. The van der Waals surface area contributed by atoms with Crippen LogP contribution >= 0.6 is 0 Å². The van der Waals surface area contributed by atoms with Crippen LogP contribution in [0.2, 0.25) is 0 Å². The molecule has 0 saturated carbocycles. The Labute approximate surface area is 93.2 Å². The van der Waals surface area contributed by atoms with Gasteiger partial charge >= 0.3 is 0 Å². The minimum absolute atomic E-state index is 0.00500. The molecule has 3 N–H and O–H groups in total. The van der Waals surface area contributed by atoms with Gasteiger partial charge in [-0.2, -0.15) is 5.10 Å². The number of nitrogens with one attached hydrogen (secondary N) is 1. The number of aryl methyl sites for hydroxylation is 2. The Balaban J connectivity index is 2.12. The van der Waals surface area contributed by atoms with Crippen LogP contribution in [-0.2, 0) is 20.5 Å². The smallest absolute Gasteiger partial charge is 0.0846 e. The van der Waals surface area contributed by atoms with E-state index in [-0.39, 0.29) is 6.04 Å². The van der Waals surface area contributed by atoms with Crippen LogP contribution in [0.3, 0.4) is 0 Å². The van der Waals surface area contributed by atoms with Crippen molar-refractivity contribution in [2.24, 2.45) is 19.9 Å².